The molecule has 2 aromatic carbocycles. The number of hydrogen-bond acceptors (Lipinski definition) is 4. The molecule has 29 heavy (non-hydrogen) atoms. The zero-order valence-electron chi connectivity index (χ0n) is 14.4. The summed E-state index contributed by atoms with van der Waals surface area (Å²) in [6.07, 6.45) is 1.64. The maximum atomic E-state index is 12.4. The van der Waals surface area contributed by atoms with E-state index in [0.717, 1.165) is 0 Å². The molecule has 9 heteroatoms. The summed E-state index contributed by atoms with van der Waals surface area (Å²) in [5.41, 5.74) is 0.887. The van der Waals surface area contributed by atoms with Gasteiger partial charge in [-0.2, -0.15) is 0 Å². The van der Waals surface area contributed by atoms with E-state index in [0.29, 0.717) is 16.5 Å². The summed E-state index contributed by atoms with van der Waals surface area (Å²) >= 11 is 11.9. The summed E-state index contributed by atoms with van der Waals surface area (Å²) in [5.74, 6) is -1.42. The molecule has 0 aliphatic heterocycles. The first kappa shape index (κ1) is 22.8. The van der Waals surface area contributed by atoms with E-state index in [1.165, 1.54) is 30.3 Å². The molecule has 1 heterocycles. The van der Waals surface area contributed by atoms with E-state index in [9.17, 15) is 14.7 Å². The summed E-state index contributed by atoms with van der Waals surface area (Å²) in [4.78, 5) is 28.2. The van der Waals surface area contributed by atoms with Gasteiger partial charge in [0.2, 0.25) is 0 Å². The summed E-state index contributed by atoms with van der Waals surface area (Å²) in [7, 11) is 0. The van der Waals surface area contributed by atoms with Crippen LogP contribution in [0.1, 0.15) is 26.4 Å². The van der Waals surface area contributed by atoms with Gasteiger partial charge in [0.1, 0.15) is 12.4 Å². The van der Waals surface area contributed by atoms with Crippen LogP contribution >= 0.6 is 23.2 Å². The van der Waals surface area contributed by atoms with Crippen molar-refractivity contribution in [2.24, 2.45) is 0 Å². The number of hydrogen-bond donors (Lipinski definition) is 2. The topological polar surface area (TPSA) is 88.5 Å². The van der Waals surface area contributed by atoms with Gasteiger partial charge in [-0.3, -0.25) is 9.78 Å². The molecule has 0 bridgehead atoms. The Kier molecular flexibility index (Phi) is 8.12. The Morgan fingerprint density at radius 2 is 1.83 bits per heavy atom. The molecule has 0 radical (unpaired) electrons. The predicted octanol–water partition coefficient (Wildman–Crippen LogP) is 4.27. The van der Waals surface area contributed by atoms with E-state index in [-0.39, 0.29) is 47.3 Å². The third kappa shape index (κ3) is 5.99. The van der Waals surface area contributed by atoms with Crippen LogP contribution in [0.2, 0.25) is 10.0 Å². The number of carboxylic acid groups (broad SMARTS) is 1. The average molecular weight is 425 g/mol. The van der Waals surface area contributed by atoms with Crippen molar-refractivity contribution in [3.8, 4) is 5.75 Å². The summed E-state index contributed by atoms with van der Waals surface area (Å²) in [5, 5.41) is 12.6. The van der Waals surface area contributed by atoms with E-state index in [4.69, 9.17) is 27.9 Å². The second-order valence-corrected chi connectivity index (χ2v) is 6.54. The van der Waals surface area contributed by atoms with Crippen LogP contribution in [0.4, 0.5) is 5.69 Å². The first-order chi connectivity index (χ1) is 13.4. The molecular weight excluding hydrogens is 410 g/mol. The molecule has 0 unspecified atom stereocenters. The fourth-order valence-electron chi connectivity index (χ4n) is 2.40. The van der Waals surface area contributed by atoms with Gasteiger partial charge in [-0.1, -0.05) is 29.3 Å². The van der Waals surface area contributed by atoms with Crippen LogP contribution in [-0.2, 0) is 6.61 Å². The fraction of sp³-hybridized carbons (Fsp3) is 0.0500. The van der Waals surface area contributed by atoms with E-state index < -0.39 is 11.9 Å². The Labute approximate surface area is 189 Å². The van der Waals surface area contributed by atoms with E-state index in [2.05, 4.69) is 10.3 Å². The van der Waals surface area contributed by atoms with Gasteiger partial charge in [0.05, 0.1) is 27.5 Å². The molecule has 0 fully saturated rings. The fourth-order valence-corrected chi connectivity index (χ4v) is 2.90. The maximum absolute atomic E-state index is 12.4. The molecule has 0 atom stereocenters. The Bertz CT molecular complexity index is 1030. The van der Waals surface area contributed by atoms with Crippen molar-refractivity contribution in [2.45, 2.75) is 6.61 Å². The number of nitrogens with one attached hydrogen (secondary N) is 1. The number of amides is 1. The number of aromatic nitrogens is 1. The number of anilines is 1. The minimum atomic E-state index is -1.21. The van der Waals surface area contributed by atoms with E-state index in [1.807, 2.05) is 6.07 Å². The number of benzene rings is 2. The number of carboxylic acids is 1. The van der Waals surface area contributed by atoms with Gasteiger partial charge in [-0.25, -0.2) is 4.79 Å². The van der Waals surface area contributed by atoms with Gasteiger partial charge in [0.25, 0.3) is 5.91 Å². The van der Waals surface area contributed by atoms with Crippen LogP contribution in [0.5, 0.6) is 5.75 Å². The van der Waals surface area contributed by atoms with Crippen molar-refractivity contribution in [2.75, 3.05) is 5.32 Å². The Balaban J connectivity index is 0.00000300. The van der Waals surface area contributed by atoms with Gasteiger partial charge >= 0.3 is 24.8 Å². The Morgan fingerprint density at radius 3 is 2.48 bits per heavy atom. The van der Waals surface area contributed by atoms with Gasteiger partial charge in [-0.05, 0) is 48.5 Å². The summed E-state index contributed by atoms with van der Waals surface area (Å²) < 4.78 is 5.59. The van der Waals surface area contributed by atoms with Gasteiger partial charge in [0.15, 0.2) is 0 Å². The second-order valence-electron chi connectivity index (χ2n) is 5.70. The number of rotatable bonds is 6. The number of ether oxygens (including phenoxy) is 1. The van der Waals surface area contributed by atoms with Crippen molar-refractivity contribution in [1.29, 1.82) is 0 Å². The molecular formula is C20H15Cl2LiN2O4. The third-order valence-corrected chi connectivity index (χ3v) is 4.31. The van der Waals surface area contributed by atoms with Crippen LogP contribution in [-0.4, -0.2) is 40.8 Å². The molecule has 0 saturated heterocycles. The quantitative estimate of drug-likeness (QED) is 0.576. The first-order valence-corrected chi connectivity index (χ1v) is 8.86. The number of aromatic carboxylic acids is 1. The zero-order chi connectivity index (χ0) is 20.1. The van der Waals surface area contributed by atoms with E-state index >= 15 is 0 Å². The van der Waals surface area contributed by atoms with Crippen LogP contribution < -0.4 is 10.1 Å². The molecule has 6 nitrogen and oxygen atoms in total. The molecule has 3 rings (SSSR count). The number of carbonyl (C=O) groups is 2. The number of carbonyl (C=O) groups excluding carboxylic acids is 1. The van der Waals surface area contributed by atoms with E-state index in [1.54, 1.807) is 24.4 Å². The zero-order valence-corrected chi connectivity index (χ0v) is 15.9. The van der Waals surface area contributed by atoms with Gasteiger partial charge in [-0.15, -0.1) is 0 Å². The van der Waals surface area contributed by atoms with Crippen LogP contribution in [0, 0.1) is 0 Å². The number of nitrogens with zero attached hydrogens (tertiary/aromatic N) is 1. The number of pyridine rings is 1. The summed E-state index contributed by atoms with van der Waals surface area (Å²) in [6.45, 7) is 0.186. The summed E-state index contributed by atoms with van der Waals surface area (Å²) in [6, 6.07) is 14.2. The third-order valence-electron chi connectivity index (χ3n) is 3.76. The molecule has 0 aliphatic rings. The molecule has 2 N–H and O–H groups in total. The SMILES string of the molecule is O=C(Nc1ccc(OCc2ccccn2)cc1C(=O)O)c1ccc(Cl)cc1Cl.[LiH]. The Hall–Kier alpha value is -2.49. The predicted molar refractivity (Wildman–Crippen MR) is 114 cm³/mol. The monoisotopic (exact) mass is 424 g/mol. The van der Waals surface area contributed by atoms with Crippen molar-refractivity contribution in [1.82, 2.24) is 4.98 Å². The van der Waals surface area contributed by atoms with Crippen molar-refractivity contribution < 1.29 is 19.4 Å². The van der Waals surface area contributed by atoms with Crippen molar-refractivity contribution in [3.63, 3.8) is 0 Å². The standard InChI is InChI=1S/C20H14Cl2N2O4.Li.H/c21-12-4-6-15(17(22)9-12)19(25)24-18-7-5-14(10-16(18)20(26)27)28-11-13-3-1-2-8-23-13;;/h1-10H,11H2,(H,24,25)(H,26,27);;. The molecule has 0 aliphatic carbocycles. The van der Waals surface area contributed by atoms with Gasteiger partial charge < -0.3 is 15.2 Å². The van der Waals surface area contributed by atoms with Crippen molar-refractivity contribution >= 4 is 59.6 Å². The van der Waals surface area contributed by atoms with Crippen molar-refractivity contribution in [3.05, 3.63) is 87.7 Å². The molecule has 0 spiro atoms. The first-order valence-electron chi connectivity index (χ1n) is 8.10. The molecule has 144 valence electrons. The van der Waals surface area contributed by atoms with Crippen LogP contribution in [0.3, 0.4) is 0 Å². The molecule has 1 amide bonds. The minimum absolute atomic E-state index is 0. The second kappa shape index (κ2) is 10.3. The average Bonchev–Trinajstić information content (AvgIpc) is 2.67. The number of halogens is 2. The van der Waals surface area contributed by atoms with Gasteiger partial charge in [0, 0.05) is 11.2 Å². The van der Waals surface area contributed by atoms with Crippen LogP contribution in [0.25, 0.3) is 0 Å². The molecule has 0 saturated carbocycles. The molecule has 3 aromatic rings. The Morgan fingerprint density at radius 1 is 1.03 bits per heavy atom. The normalized spacial score (nSPS) is 10.0. The van der Waals surface area contributed by atoms with Crippen LogP contribution in [0.15, 0.2) is 60.8 Å². The molecule has 1 aromatic heterocycles.